The van der Waals surface area contributed by atoms with E-state index >= 15 is 0 Å². The third-order valence-electron chi connectivity index (χ3n) is 5.04. The molecule has 0 spiro atoms. The van der Waals surface area contributed by atoms with E-state index in [9.17, 15) is 14.3 Å². The highest BCUT2D eigenvalue weighted by atomic mass is 35.5. The average Bonchev–Trinajstić information content (AvgIpc) is 2.50. The summed E-state index contributed by atoms with van der Waals surface area (Å²) in [5.41, 5.74) is -0.0898. The Kier molecular flexibility index (Phi) is 6.87. The lowest BCUT2D eigenvalue weighted by Gasteiger charge is -2.43. The number of aliphatic hydroxyl groups excluding tert-OH is 1. The van der Waals surface area contributed by atoms with Gasteiger partial charge in [0, 0.05) is 6.04 Å². The molecule has 0 bridgehead atoms. The van der Waals surface area contributed by atoms with Gasteiger partial charge in [-0.15, -0.1) is 12.4 Å². The largest absolute Gasteiger partial charge is 0.393 e. The van der Waals surface area contributed by atoms with Crippen LogP contribution in [-0.2, 0) is 0 Å². The van der Waals surface area contributed by atoms with Crippen LogP contribution in [0.1, 0.15) is 36.0 Å². The normalized spacial score (nSPS) is 25.3. The lowest BCUT2D eigenvalue weighted by molar-refractivity contribution is 0.00914. The topological polar surface area (TPSA) is 61.4 Å². The van der Waals surface area contributed by atoms with E-state index in [0.717, 1.165) is 25.9 Å². The minimum atomic E-state index is -0.604. The Labute approximate surface area is 152 Å². The van der Waals surface area contributed by atoms with Gasteiger partial charge in [0.1, 0.15) is 5.82 Å². The van der Waals surface area contributed by atoms with Crippen LogP contribution >= 0.6 is 24.0 Å². The molecule has 1 saturated carbocycles. The van der Waals surface area contributed by atoms with Gasteiger partial charge in [0.2, 0.25) is 0 Å². The highest BCUT2D eigenvalue weighted by Crippen LogP contribution is 2.36. The molecule has 3 N–H and O–H groups in total. The summed E-state index contributed by atoms with van der Waals surface area (Å²) in [7, 11) is 0. The van der Waals surface area contributed by atoms with E-state index in [4.69, 9.17) is 11.6 Å². The van der Waals surface area contributed by atoms with Gasteiger partial charge in [-0.1, -0.05) is 17.7 Å². The fourth-order valence-electron chi connectivity index (χ4n) is 3.69. The van der Waals surface area contributed by atoms with Crippen molar-refractivity contribution in [1.82, 2.24) is 10.6 Å². The van der Waals surface area contributed by atoms with Crippen LogP contribution in [0.5, 0.6) is 0 Å². The number of benzene rings is 1. The molecule has 1 atom stereocenters. The zero-order valence-corrected chi connectivity index (χ0v) is 14.9. The maximum Gasteiger partial charge on any atom is 0.256 e. The Hall–Kier alpha value is -0.880. The molecule has 1 aromatic rings. The molecule has 2 fully saturated rings. The van der Waals surface area contributed by atoms with Crippen molar-refractivity contribution in [3.63, 3.8) is 0 Å². The molecule has 3 rings (SSSR count). The maximum absolute atomic E-state index is 14.0. The van der Waals surface area contributed by atoms with Crippen LogP contribution in [0, 0.1) is 17.7 Å². The molecule has 1 aliphatic heterocycles. The first-order valence-corrected chi connectivity index (χ1v) is 8.57. The van der Waals surface area contributed by atoms with Gasteiger partial charge >= 0.3 is 0 Å². The van der Waals surface area contributed by atoms with Crippen molar-refractivity contribution in [3.8, 4) is 0 Å². The quantitative estimate of drug-likeness (QED) is 0.756. The number of aliphatic hydroxyl groups is 1. The first-order chi connectivity index (χ1) is 11.1. The third kappa shape index (κ3) is 4.20. The van der Waals surface area contributed by atoms with Crippen LogP contribution in [0.2, 0.25) is 5.02 Å². The van der Waals surface area contributed by atoms with Crippen molar-refractivity contribution in [2.24, 2.45) is 11.8 Å². The number of hydrogen-bond acceptors (Lipinski definition) is 3. The standard InChI is InChI=1S/C17H22ClFN2O2.ClH/c18-13-2-1-3-14(19)15(13)17(23)21-16(11-8-12(22)9-11)10-4-6-20-7-5-10;/h1-3,10-12,16,20,22H,4-9H2,(H,21,23);1H. The monoisotopic (exact) mass is 376 g/mol. The minimum Gasteiger partial charge on any atom is -0.393 e. The van der Waals surface area contributed by atoms with Crippen LogP contribution in [-0.4, -0.2) is 36.2 Å². The van der Waals surface area contributed by atoms with Gasteiger partial charge in [-0.2, -0.15) is 0 Å². The minimum absolute atomic E-state index is 0. The molecular weight excluding hydrogens is 354 g/mol. The van der Waals surface area contributed by atoms with E-state index in [1.54, 1.807) is 0 Å². The number of amides is 1. The molecule has 1 amide bonds. The molecule has 24 heavy (non-hydrogen) atoms. The summed E-state index contributed by atoms with van der Waals surface area (Å²) in [5.74, 6) is -0.462. The van der Waals surface area contributed by atoms with Crippen LogP contribution in [0.25, 0.3) is 0 Å². The second kappa shape index (κ2) is 8.48. The third-order valence-corrected chi connectivity index (χ3v) is 5.35. The smallest absolute Gasteiger partial charge is 0.256 e. The zero-order valence-electron chi connectivity index (χ0n) is 13.3. The second-order valence-corrected chi connectivity index (χ2v) is 6.98. The molecule has 134 valence electrons. The van der Waals surface area contributed by atoms with Gasteiger partial charge in [0.25, 0.3) is 5.91 Å². The Morgan fingerprint density at radius 2 is 1.96 bits per heavy atom. The van der Waals surface area contributed by atoms with Crippen LogP contribution in [0.15, 0.2) is 18.2 Å². The van der Waals surface area contributed by atoms with E-state index < -0.39 is 11.7 Å². The fraction of sp³-hybridized carbons (Fsp3) is 0.588. The number of halogens is 3. The summed E-state index contributed by atoms with van der Waals surface area (Å²) in [6.07, 6.45) is 3.06. The van der Waals surface area contributed by atoms with E-state index in [1.165, 1.54) is 18.2 Å². The number of rotatable bonds is 4. The molecule has 1 unspecified atom stereocenters. The number of piperidine rings is 1. The molecule has 0 radical (unpaired) electrons. The Morgan fingerprint density at radius 3 is 2.54 bits per heavy atom. The lowest BCUT2D eigenvalue weighted by Crippen LogP contribution is -2.53. The van der Waals surface area contributed by atoms with Crippen LogP contribution in [0.3, 0.4) is 0 Å². The lowest BCUT2D eigenvalue weighted by atomic mass is 9.71. The van der Waals surface area contributed by atoms with E-state index in [-0.39, 0.29) is 41.1 Å². The number of carbonyl (C=O) groups excluding carboxylic acids is 1. The van der Waals surface area contributed by atoms with Crippen molar-refractivity contribution in [2.75, 3.05) is 13.1 Å². The summed E-state index contributed by atoms with van der Waals surface area (Å²) >= 11 is 5.99. The molecule has 1 heterocycles. The maximum atomic E-state index is 14.0. The molecule has 1 aromatic carbocycles. The van der Waals surface area contributed by atoms with E-state index in [0.29, 0.717) is 18.8 Å². The highest BCUT2D eigenvalue weighted by molar-refractivity contribution is 6.33. The Bertz CT molecular complexity index is 555. The molecule has 1 saturated heterocycles. The fourth-order valence-corrected chi connectivity index (χ4v) is 3.93. The zero-order chi connectivity index (χ0) is 16.4. The summed E-state index contributed by atoms with van der Waals surface area (Å²) in [6, 6.07) is 4.21. The number of nitrogens with one attached hydrogen (secondary N) is 2. The SMILES string of the molecule is Cl.O=C(NC(C1CCNCC1)C1CC(O)C1)c1c(F)cccc1Cl. The molecule has 7 heteroatoms. The molecular formula is C17H23Cl2FN2O2. The van der Waals surface area contributed by atoms with Crippen molar-refractivity contribution in [2.45, 2.75) is 37.8 Å². The van der Waals surface area contributed by atoms with E-state index in [1.807, 2.05) is 0 Å². The van der Waals surface area contributed by atoms with Crippen molar-refractivity contribution in [1.29, 1.82) is 0 Å². The van der Waals surface area contributed by atoms with Crippen molar-refractivity contribution < 1.29 is 14.3 Å². The average molecular weight is 377 g/mol. The van der Waals surface area contributed by atoms with Crippen molar-refractivity contribution >= 4 is 29.9 Å². The van der Waals surface area contributed by atoms with Gasteiger partial charge in [-0.25, -0.2) is 4.39 Å². The predicted molar refractivity (Wildman–Crippen MR) is 94.2 cm³/mol. The van der Waals surface area contributed by atoms with Gasteiger partial charge in [0.15, 0.2) is 0 Å². The van der Waals surface area contributed by atoms with Gasteiger partial charge in [-0.05, 0) is 62.7 Å². The Balaban J connectivity index is 0.00000208. The van der Waals surface area contributed by atoms with E-state index in [2.05, 4.69) is 10.6 Å². The molecule has 1 aliphatic carbocycles. The van der Waals surface area contributed by atoms with Gasteiger partial charge < -0.3 is 15.7 Å². The number of hydrogen-bond donors (Lipinski definition) is 3. The summed E-state index contributed by atoms with van der Waals surface area (Å²) in [5, 5.41) is 16.0. The van der Waals surface area contributed by atoms with Crippen LogP contribution in [0.4, 0.5) is 4.39 Å². The summed E-state index contributed by atoms with van der Waals surface area (Å²) in [6.45, 7) is 1.85. The second-order valence-electron chi connectivity index (χ2n) is 6.57. The summed E-state index contributed by atoms with van der Waals surface area (Å²) in [4.78, 5) is 12.6. The molecule has 4 nitrogen and oxygen atoms in total. The van der Waals surface area contributed by atoms with Crippen molar-refractivity contribution in [3.05, 3.63) is 34.6 Å². The highest BCUT2D eigenvalue weighted by Gasteiger charge is 2.39. The first-order valence-electron chi connectivity index (χ1n) is 8.20. The predicted octanol–water partition coefficient (Wildman–Crippen LogP) is 2.77. The molecule has 2 aliphatic rings. The van der Waals surface area contributed by atoms with Gasteiger partial charge in [-0.3, -0.25) is 4.79 Å². The first kappa shape index (κ1) is 19.4. The number of carbonyl (C=O) groups is 1. The Morgan fingerprint density at radius 1 is 1.29 bits per heavy atom. The molecule has 0 aromatic heterocycles. The van der Waals surface area contributed by atoms with Crippen LogP contribution < -0.4 is 10.6 Å². The van der Waals surface area contributed by atoms with Gasteiger partial charge in [0.05, 0.1) is 16.7 Å². The summed E-state index contributed by atoms with van der Waals surface area (Å²) < 4.78 is 14.0.